The molecule has 2 aromatic rings. The minimum absolute atomic E-state index is 0.150. The van der Waals surface area contributed by atoms with E-state index in [9.17, 15) is 14.5 Å². The van der Waals surface area contributed by atoms with Gasteiger partial charge in [0.2, 0.25) is 0 Å². The molecule has 0 aliphatic rings. The van der Waals surface area contributed by atoms with Crippen LogP contribution >= 0.6 is 0 Å². The third-order valence-corrected chi connectivity index (χ3v) is 3.91. The number of phenols is 1. The van der Waals surface area contributed by atoms with Crippen molar-refractivity contribution < 1.29 is 14.5 Å². The Hall–Kier alpha value is -1.78. The molecule has 0 fully saturated rings. The van der Waals surface area contributed by atoms with E-state index < -0.39 is 11.2 Å². The predicted octanol–water partition coefficient (Wildman–Crippen LogP) is 2.30. The van der Waals surface area contributed by atoms with Gasteiger partial charge in [0.25, 0.3) is 0 Å². The van der Waals surface area contributed by atoms with Crippen molar-refractivity contribution in [2.75, 3.05) is 0 Å². The second-order valence-corrected chi connectivity index (χ2v) is 5.26. The number of carbonyl (C=O) groups excluding carboxylic acids is 1. The fourth-order valence-electron chi connectivity index (χ4n) is 1.55. The van der Waals surface area contributed by atoms with Crippen LogP contribution in [0, 0.1) is 0 Å². The molecule has 0 spiro atoms. The van der Waals surface area contributed by atoms with Crippen molar-refractivity contribution in [3.8, 4) is 5.75 Å². The summed E-state index contributed by atoms with van der Waals surface area (Å²) in [6.45, 7) is 0. The van der Waals surface area contributed by atoms with E-state index in [4.69, 9.17) is 0 Å². The quantitative estimate of drug-likeness (QED) is 0.677. The molecule has 0 saturated heterocycles. The Balaban J connectivity index is 2.20. The summed E-state index contributed by atoms with van der Waals surface area (Å²) in [5, 5.41) is 9.17. The maximum absolute atomic E-state index is 12.2. The molecule has 0 radical (unpaired) electrons. The Bertz CT molecular complexity index is 520. The third kappa shape index (κ3) is 2.91. The van der Waals surface area contributed by atoms with Crippen molar-refractivity contribution >= 4 is 17.5 Å². The lowest BCUT2D eigenvalue weighted by molar-refractivity contribution is -0.107. The SMILES string of the molecule is O=CCc1ccc([S+]([O-])c2ccc(O)cc2)cc1. The molecule has 0 aliphatic heterocycles. The number of benzene rings is 2. The summed E-state index contributed by atoms with van der Waals surface area (Å²) >= 11 is -1.27. The average molecular weight is 260 g/mol. The smallest absolute Gasteiger partial charge is 0.158 e. The van der Waals surface area contributed by atoms with Crippen molar-refractivity contribution in [1.82, 2.24) is 0 Å². The molecule has 2 aromatic carbocycles. The second-order valence-electron chi connectivity index (χ2n) is 3.78. The van der Waals surface area contributed by atoms with Crippen LogP contribution in [0.3, 0.4) is 0 Å². The Kier molecular flexibility index (Phi) is 4.02. The molecule has 4 heteroatoms. The Morgan fingerprint density at radius 1 is 1.00 bits per heavy atom. The van der Waals surface area contributed by atoms with Gasteiger partial charge in [-0.15, -0.1) is 0 Å². The van der Waals surface area contributed by atoms with Gasteiger partial charge in [0, 0.05) is 17.6 Å². The predicted molar refractivity (Wildman–Crippen MR) is 69.0 cm³/mol. The number of hydrogen-bond acceptors (Lipinski definition) is 3. The summed E-state index contributed by atoms with van der Waals surface area (Å²) in [5.74, 6) is 0.150. The van der Waals surface area contributed by atoms with Crippen LogP contribution in [-0.2, 0) is 22.4 Å². The van der Waals surface area contributed by atoms with E-state index in [2.05, 4.69) is 0 Å². The van der Waals surface area contributed by atoms with E-state index in [1.807, 2.05) is 0 Å². The van der Waals surface area contributed by atoms with Gasteiger partial charge in [-0.3, -0.25) is 0 Å². The lowest BCUT2D eigenvalue weighted by Gasteiger charge is -2.10. The second kappa shape index (κ2) is 5.71. The average Bonchev–Trinajstić information content (AvgIpc) is 2.40. The molecule has 2 rings (SSSR count). The van der Waals surface area contributed by atoms with E-state index in [1.54, 1.807) is 36.4 Å². The van der Waals surface area contributed by atoms with Crippen molar-refractivity contribution in [1.29, 1.82) is 0 Å². The maximum Gasteiger partial charge on any atom is 0.158 e. The first kappa shape index (κ1) is 12.7. The molecule has 0 amide bonds. The van der Waals surface area contributed by atoms with Gasteiger partial charge in [-0.25, -0.2) is 0 Å². The van der Waals surface area contributed by atoms with Crippen molar-refractivity contribution in [3.05, 3.63) is 54.1 Å². The summed E-state index contributed by atoms with van der Waals surface area (Å²) < 4.78 is 12.2. The highest BCUT2D eigenvalue weighted by molar-refractivity contribution is 7.91. The summed E-state index contributed by atoms with van der Waals surface area (Å²) in [6, 6.07) is 13.4. The molecule has 0 heterocycles. The monoisotopic (exact) mass is 260 g/mol. The topological polar surface area (TPSA) is 60.4 Å². The minimum atomic E-state index is -1.27. The number of aromatic hydroxyl groups is 1. The van der Waals surface area contributed by atoms with E-state index >= 15 is 0 Å². The number of rotatable bonds is 4. The van der Waals surface area contributed by atoms with E-state index in [0.717, 1.165) is 11.8 Å². The standard InChI is InChI=1S/C14H12O3S/c15-10-9-11-1-5-13(6-2-11)18(17)14-7-3-12(16)4-8-14/h1-8,10,16H,9H2. The number of phenolic OH excluding ortho intramolecular Hbond substituents is 1. The van der Waals surface area contributed by atoms with Crippen LogP contribution in [0.5, 0.6) is 5.75 Å². The minimum Gasteiger partial charge on any atom is -0.606 e. The molecule has 92 valence electrons. The summed E-state index contributed by atoms with van der Waals surface area (Å²) in [5.41, 5.74) is 0.899. The lowest BCUT2D eigenvalue weighted by Crippen LogP contribution is -2.02. The van der Waals surface area contributed by atoms with E-state index in [1.165, 1.54) is 12.1 Å². The van der Waals surface area contributed by atoms with Gasteiger partial charge < -0.3 is 14.5 Å². The third-order valence-electron chi connectivity index (χ3n) is 2.51. The maximum atomic E-state index is 12.2. The highest BCUT2D eigenvalue weighted by Crippen LogP contribution is 2.22. The molecule has 1 atom stereocenters. The Morgan fingerprint density at radius 3 is 2.00 bits per heavy atom. The fourth-order valence-corrected chi connectivity index (χ4v) is 2.59. The van der Waals surface area contributed by atoms with Gasteiger partial charge in [-0.1, -0.05) is 12.1 Å². The molecule has 0 bridgehead atoms. The van der Waals surface area contributed by atoms with Gasteiger partial charge in [-0.05, 0) is 42.0 Å². The number of aldehydes is 1. The molecule has 0 aromatic heterocycles. The van der Waals surface area contributed by atoms with Crippen LogP contribution in [0.2, 0.25) is 0 Å². The van der Waals surface area contributed by atoms with Gasteiger partial charge in [0.1, 0.15) is 12.0 Å². The normalized spacial score (nSPS) is 12.1. The fraction of sp³-hybridized carbons (Fsp3) is 0.0714. The van der Waals surface area contributed by atoms with Crippen molar-refractivity contribution in [2.24, 2.45) is 0 Å². The van der Waals surface area contributed by atoms with Crippen LogP contribution in [0.4, 0.5) is 0 Å². The molecular weight excluding hydrogens is 248 g/mol. The number of hydrogen-bond donors (Lipinski definition) is 1. The van der Waals surface area contributed by atoms with Gasteiger partial charge >= 0.3 is 0 Å². The van der Waals surface area contributed by atoms with Crippen LogP contribution in [-0.4, -0.2) is 15.9 Å². The van der Waals surface area contributed by atoms with Crippen LogP contribution in [0.15, 0.2) is 58.3 Å². The first-order valence-corrected chi connectivity index (χ1v) is 6.59. The number of carbonyl (C=O) groups is 1. The van der Waals surface area contributed by atoms with Crippen molar-refractivity contribution in [3.63, 3.8) is 0 Å². The van der Waals surface area contributed by atoms with Crippen LogP contribution in [0.1, 0.15) is 5.56 Å². The van der Waals surface area contributed by atoms with Gasteiger partial charge in [-0.2, -0.15) is 0 Å². The zero-order valence-electron chi connectivity index (χ0n) is 9.58. The van der Waals surface area contributed by atoms with E-state index in [-0.39, 0.29) is 5.75 Å². The van der Waals surface area contributed by atoms with Crippen molar-refractivity contribution in [2.45, 2.75) is 16.2 Å². The summed E-state index contributed by atoms with van der Waals surface area (Å²) in [4.78, 5) is 11.7. The Morgan fingerprint density at radius 2 is 1.50 bits per heavy atom. The Labute approximate surface area is 108 Å². The first-order chi connectivity index (χ1) is 8.70. The highest BCUT2D eigenvalue weighted by Gasteiger charge is 2.14. The first-order valence-electron chi connectivity index (χ1n) is 5.44. The van der Waals surface area contributed by atoms with Gasteiger partial charge in [0.15, 0.2) is 9.79 Å². The molecule has 3 nitrogen and oxygen atoms in total. The zero-order valence-corrected chi connectivity index (χ0v) is 10.4. The molecular formula is C14H12O3S. The molecule has 0 aliphatic carbocycles. The summed E-state index contributed by atoms with van der Waals surface area (Å²) in [6.07, 6.45) is 1.21. The molecule has 1 unspecified atom stereocenters. The van der Waals surface area contributed by atoms with Crippen LogP contribution in [0.25, 0.3) is 0 Å². The summed E-state index contributed by atoms with van der Waals surface area (Å²) in [7, 11) is 0. The zero-order chi connectivity index (χ0) is 13.0. The molecule has 18 heavy (non-hydrogen) atoms. The molecule has 0 saturated carbocycles. The van der Waals surface area contributed by atoms with E-state index in [0.29, 0.717) is 16.2 Å². The lowest BCUT2D eigenvalue weighted by atomic mass is 10.2. The highest BCUT2D eigenvalue weighted by atomic mass is 32.2. The van der Waals surface area contributed by atoms with Crippen LogP contribution < -0.4 is 0 Å². The van der Waals surface area contributed by atoms with Gasteiger partial charge in [0.05, 0.1) is 0 Å². The largest absolute Gasteiger partial charge is 0.606 e. The molecule has 1 N–H and O–H groups in total.